The molecule has 0 aliphatic heterocycles. The van der Waals surface area contributed by atoms with Crippen molar-refractivity contribution in [1.29, 1.82) is 0 Å². The summed E-state index contributed by atoms with van der Waals surface area (Å²) in [5.41, 5.74) is 4.66. The molecule has 0 heterocycles. The van der Waals surface area contributed by atoms with Gasteiger partial charge in [-0.3, -0.25) is 10.7 Å². The van der Waals surface area contributed by atoms with Crippen LogP contribution in [0.25, 0.3) is 0 Å². The van der Waals surface area contributed by atoms with Crippen molar-refractivity contribution in [3.8, 4) is 5.75 Å². The zero-order chi connectivity index (χ0) is 12.3. The number of aryl methyl sites for hydroxylation is 1. The average Bonchev–Trinajstić information content (AvgIpc) is 2.17. The predicted octanol–water partition coefficient (Wildman–Crippen LogP) is 1.68. The van der Waals surface area contributed by atoms with Crippen LogP contribution in [0.2, 0.25) is 5.02 Å². The number of hydrogen-bond acceptors (Lipinski definition) is 4. The molecule has 0 aliphatic rings. The molecule has 4 nitrogen and oxygen atoms in total. The number of nitrogens with zero attached hydrogens (tertiary/aromatic N) is 1. The largest absolute Gasteiger partial charge is 0.496 e. The molecule has 0 radical (unpaired) electrons. The lowest BCUT2D eigenvalue weighted by Crippen LogP contribution is -2.38. The van der Waals surface area contributed by atoms with Gasteiger partial charge in [0.15, 0.2) is 0 Å². The topological polar surface area (TPSA) is 50.5 Å². The molecule has 0 fully saturated rings. The molecule has 16 heavy (non-hydrogen) atoms. The minimum absolute atomic E-state index is 0.132. The molecule has 1 rings (SSSR count). The van der Waals surface area contributed by atoms with Crippen LogP contribution in [0, 0.1) is 6.92 Å². The van der Waals surface area contributed by atoms with Crippen LogP contribution in [0.4, 0.5) is 0 Å². The average molecular weight is 244 g/mol. The summed E-state index contributed by atoms with van der Waals surface area (Å²) in [4.78, 5) is 1.95. The summed E-state index contributed by atoms with van der Waals surface area (Å²) >= 11 is 6.04. The van der Waals surface area contributed by atoms with E-state index in [9.17, 15) is 0 Å². The van der Waals surface area contributed by atoms with Crippen molar-refractivity contribution in [2.45, 2.75) is 13.1 Å². The van der Waals surface area contributed by atoms with Crippen molar-refractivity contribution in [2.24, 2.45) is 5.84 Å². The predicted molar refractivity (Wildman–Crippen MR) is 66.5 cm³/mol. The standard InChI is InChI=1S/C11H18ClN3O/c1-7-5-8(12)6-9(10(7)16-4)11(14-13)15(2)3/h5-6,11,14H,13H2,1-4H3. The lowest BCUT2D eigenvalue weighted by Gasteiger charge is -2.26. The third-order valence-corrected chi connectivity index (χ3v) is 2.66. The Balaban J connectivity index is 3.29. The Morgan fingerprint density at radius 1 is 1.44 bits per heavy atom. The zero-order valence-corrected chi connectivity index (χ0v) is 10.8. The number of hydrogen-bond donors (Lipinski definition) is 2. The van der Waals surface area contributed by atoms with Crippen LogP contribution in [0.3, 0.4) is 0 Å². The molecular formula is C11H18ClN3O. The van der Waals surface area contributed by atoms with Crippen molar-refractivity contribution in [1.82, 2.24) is 10.3 Å². The maximum Gasteiger partial charge on any atom is 0.128 e. The number of halogens is 1. The number of rotatable bonds is 4. The summed E-state index contributed by atoms with van der Waals surface area (Å²) in [6.07, 6.45) is -0.132. The van der Waals surface area contributed by atoms with Crippen molar-refractivity contribution >= 4 is 11.6 Å². The normalized spacial score (nSPS) is 12.9. The molecule has 0 aromatic heterocycles. The summed E-state index contributed by atoms with van der Waals surface area (Å²) in [5, 5.41) is 0.676. The molecule has 0 amide bonds. The van der Waals surface area contributed by atoms with E-state index in [4.69, 9.17) is 22.2 Å². The SMILES string of the molecule is COc1c(C)cc(Cl)cc1C(NN)N(C)C. The molecule has 3 N–H and O–H groups in total. The van der Waals surface area contributed by atoms with Gasteiger partial charge in [-0.15, -0.1) is 0 Å². The lowest BCUT2D eigenvalue weighted by atomic mass is 10.1. The van der Waals surface area contributed by atoms with E-state index in [1.54, 1.807) is 7.11 Å². The van der Waals surface area contributed by atoms with Crippen molar-refractivity contribution < 1.29 is 4.74 Å². The second-order valence-electron chi connectivity index (χ2n) is 3.88. The van der Waals surface area contributed by atoms with Crippen molar-refractivity contribution in [3.63, 3.8) is 0 Å². The minimum atomic E-state index is -0.132. The van der Waals surface area contributed by atoms with Gasteiger partial charge >= 0.3 is 0 Å². The van der Waals surface area contributed by atoms with E-state index in [1.165, 1.54) is 0 Å². The Labute approximate surface area is 101 Å². The van der Waals surface area contributed by atoms with Crippen LogP contribution in [-0.4, -0.2) is 26.1 Å². The molecule has 0 spiro atoms. The quantitative estimate of drug-likeness (QED) is 0.480. The van der Waals surface area contributed by atoms with E-state index in [-0.39, 0.29) is 6.17 Å². The summed E-state index contributed by atoms with van der Waals surface area (Å²) in [7, 11) is 5.50. The van der Waals surface area contributed by atoms with Crippen LogP contribution in [0.15, 0.2) is 12.1 Å². The maximum atomic E-state index is 6.04. The molecule has 5 heteroatoms. The highest BCUT2D eigenvalue weighted by Gasteiger charge is 2.19. The van der Waals surface area contributed by atoms with Crippen LogP contribution in [0.1, 0.15) is 17.3 Å². The Bertz CT molecular complexity index is 368. The van der Waals surface area contributed by atoms with E-state index in [0.29, 0.717) is 5.02 Å². The molecule has 0 aliphatic carbocycles. The molecule has 0 bridgehead atoms. The Hall–Kier alpha value is -0.810. The monoisotopic (exact) mass is 243 g/mol. The fourth-order valence-corrected chi connectivity index (χ4v) is 2.04. The first-order valence-electron chi connectivity index (χ1n) is 4.97. The van der Waals surface area contributed by atoms with Gasteiger partial charge < -0.3 is 4.74 Å². The first-order chi connectivity index (χ1) is 7.51. The highest BCUT2D eigenvalue weighted by atomic mass is 35.5. The number of ether oxygens (including phenoxy) is 1. The fraction of sp³-hybridized carbons (Fsp3) is 0.455. The molecule has 0 saturated heterocycles. The van der Waals surface area contributed by atoms with E-state index in [0.717, 1.165) is 16.9 Å². The first-order valence-corrected chi connectivity index (χ1v) is 5.35. The van der Waals surface area contributed by atoms with E-state index >= 15 is 0 Å². The summed E-state index contributed by atoms with van der Waals surface area (Å²) in [5.74, 6) is 6.35. The Morgan fingerprint density at radius 3 is 2.50 bits per heavy atom. The number of benzene rings is 1. The van der Waals surface area contributed by atoms with Crippen molar-refractivity contribution in [2.75, 3.05) is 21.2 Å². The second-order valence-corrected chi connectivity index (χ2v) is 4.31. The molecule has 90 valence electrons. The number of methoxy groups -OCH3 is 1. The molecular weight excluding hydrogens is 226 g/mol. The molecule has 1 atom stereocenters. The van der Waals surface area contributed by atoms with Gasteiger partial charge in [0.1, 0.15) is 11.9 Å². The van der Waals surface area contributed by atoms with Gasteiger partial charge in [0, 0.05) is 10.6 Å². The molecule has 1 aromatic rings. The smallest absolute Gasteiger partial charge is 0.128 e. The highest BCUT2D eigenvalue weighted by molar-refractivity contribution is 6.30. The first kappa shape index (κ1) is 13.3. The molecule has 1 aromatic carbocycles. The second kappa shape index (κ2) is 5.50. The zero-order valence-electron chi connectivity index (χ0n) is 10.0. The third kappa shape index (κ3) is 2.65. The van der Waals surface area contributed by atoms with Crippen LogP contribution in [-0.2, 0) is 0 Å². The maximum absolute atomic E-state index is 6.04. The van der Waals surface area contributed by atoms with Gasteiger partial charge in [-0.1, -0.05) is 11.6 Å². The van der Waals surface area contributed by atoms with Gasteiger partial charge in [-0.2, -0.15) is 0 Å². The Kier molecular flexibility index (Phi) is 4.56. The van der Waals surface area contributed by atoms with E-state index in [1.807, 2.05) is 38.1 Å². The van der Waals surface area contributed by atoms with Gasteiger partial charge in [0.25, 0.3) is 0 Å². The number of hydrazine groups is 1. The summed E-state index contributed by atoms with van der Waals surface area (Å²) < 4.78 is 5.38. The third-order valence-electron chi connectivity index (χ3n) is 2.44. The van der Waals surface area contributed by atoms with Gasteiger partial charge in [-0.05, 0) is 38.7 Å². The number of nitrogens with two attached hydrogens (primary N) is 1. The fourth-order valence-electron chi connectivity index (χ4n) is 1.75. The van der Waals surface area contributed by atoms with Gasteiger partial charge in [0.2, 0.25) is 0 Å². The summed E-state index contributed by atoms with van der Waals surface area (Å²) in [6.45, 7) is 1.96. The van der Waals surface area contributed by atoms with E-state index in [2.05, 4.69) is 5.43 Å². The lowest BCUT2D eigenvalue weighted by molar-refractivity contribution is 0.245. The van der Waals surface area contributed by atoms with Crippen LogP contribution >= 0.6 is 11.6 Å². The number of nitrogens with one attached hydrogen (secondary N) is 1. The molecule has 1 unspecified atom stereocenters. The van der Waals surface area contributed by atoms with Gasteiger partial charge in [-0.25, -0.2) is 5.43 Å². The van der Waals surface area contributed by atoms with E-state index < -0.39 is 0 Å². The van der Waals surface area contributed by atoms with Gasteiger partial charge in [0.05, 0.1) is 7.11 Å². The van der Waals surface area contributed by atoms with Crippen LogP contribution < -0.4 is 16.0 Å². The molecule has 0 saturated carbocycles. The minimum Gasteiger partial charge on any atom is -0.496 e. The van der Waals surface area contributed by atoms with Crippen molar-refractivity contribution in [3.05, 3.63) is 28.3 Å². The van der Waals surface area contributed by atoms with Crippen LogP contribution in [0.5, 0.6) is 5.75 Å². The summed E-state index contributed by atoms with van der Waals surface area (Å²) in [6, 6.07) is 3.73. The Morgan fingerprint density at radius 2 is 2.06 bits per heavy atom. The highest BCUT2D eigenvalue weighted by Crippen LogP contribution is 2.32.